The van der Waals surface area contributed by atoms with E-state index in [4.69, 9.17) is 4.74 Å². The van der Waals surface area contributed by atoms with Crippen LogP contribution in [0.4, 0.5) is 5.69 Å². The lowest BCUT2D eigenvalue weighted by atomic mass is 9.85. The van der Waals surface area contributed by atoms with Crippen LogP contribution in [0.5, 0.6) is 0 Å². The molecular formula is C18H29NO. The summed E-state index contributed by atoms with van der Waals surface area (Å²) < 4.78 is 5.57. The zero-order valence-electron chi connectivity index (χ0n) is 13.2. The van der Waals surface area contributed by atoms with Crippen LogP contribution in [0, 0.1) is 5.41 Å². The summed E-state index contributed by atoms with van der Waals surface area (Å²) in [4.78, 5) is 0. The molecule has 0 saturated heterocycles. The van der Waals surface area contributed by atoms with E-state index in [1.54, 1.807) is 0 Å². The van der Waals surface area contributed by atoms with Crippen LogP contribution in [0.2, 0.25) is 0 Å². The molecule has 0 amide bonds. The van der Waals surface area contributed by atoms with Crippen molar-refractivity contribution in [2.75, 3.05) is 11.9 Å². The normalized spacial score (nSPS) is 22.2. The summed E-state index contributed by atoms with van der Waals surface area (Å²) in [6, 6.07) is 9.16. The highest BCUT2D eigenvalue weighted by molar-refractivity contribution is 5.51. The summed E-state index contributed by atoms with van der Waals surface area (Å²) in [6.45, 7) is 8.32. The number of rotatable bonds is 5. The highest BCUT2D eigenvalue weighted by Gasteiger charge is 2.24. The van der Waals surface area contributed by atoms with Crippen LogP contribution in [0.25, 0.3) is 0 Å². The van der Waals surface area contributed by atoms with Gasteiger partial charge in [-0.2, -0.15) is 0 Å². The van der Waals surface area contributed by atoms with Gasteiger partial charge in [-0.25, -0.2) is 0 Å². The molecule has 0 heterocycles. The van der Waals surface area contributed by atoms with Gasteiger partial charge in [-0.05, 0) is 44.1 Å². The van der Waals surface area contributed by atoms with E-state index in [1.807, 2.05) is 6.92 Å². The van der Waals surface area contributed by atoms with Gasteiger partial charge in [0, 0.05) is 23.9 Å². The molecule has 0 aromatic heterocycles. The molecule has 1 N–H and O–H groups in total. The Morgan fingerprint density at radius 2 is 2.00 bits per heavy atom. The molecule has 1 unspecified atom stereocenters. The standard InChI is InChI=1S/C18H29NO/c1-4-20-14-15-8-5-6-10-17(15)19-16-9-7-12-18(2,3)13-11-16/h5-6,8,10,16,19H,4,7,9,11-14H2,1-3H3. The van der Waals surface area contributed by atoms with Crippen LogP contribution in [0.3, 0.4) is 0 Å². The third-order valence-electron chi connectivity index (χ3n) is 4.41. The highest BCUT2D eigenvalue weighted by Crippen LogP contribution is 2.35. The topological polar surface area (TPSA) is 21.3 Å². The Balaban J connectivity index is 1.98. The van der Waals surface area contributed by atoms with Crippen molar-refractivity contribution in [1.29, 1.82) is 0 Å². The molecule has 2 nitrogen and oxygen atoms in total. The molecule has 2 rings (SSSR count). The molecule has 2 heteroatoms. The molecule has 1 aromatic carbocycles. The van der Waals surface area contributed by atoms with E-state index >= 15 is 0 Å². The van der Waals surface area contributed by atoms with Crippen LogP contribution in [0.1, 0.15) is 58.4 Å². The zero-order valence-corrected chi connectivity index (χ0v) is 13.2. The van der Waals surface area contributed by atoms with Crippen molar-refractivity contribution in [2.45, 2.75) is 65.5 Å². The average Bonchev–Trinajstić information content (AvgIpc) is 2.59. The molecule has 1 aromatic rings. The number of anilines is 1. The van der Waals surface area contributed by atoms with E-state index < -0.39 is 0 Å². The first-order valence-electron chi connectivity index (χ1n) is 8.03. The summed E-state index contributed by atoms with van der Waals surface area (Å²) in [7, 11) is 0. The first-order chi connectivity index (χ1) is 9.61. The molecule has 1 aliphatic carbocycles. The lowest BCUT2D eigenvalue weighted by Gasteiger charge is -2.23. The number of para-hydroxylation sites is 1. The maximum atomic E-state index is 5.57. The number of hydrogen-bond acceptors (Lipinski definition) is 2. The SMILES string of the molecule is CCOCc1ccccc1NC1CCCC(C)(C)CC1. The summed E-state index contributed by atoms with van der Waals surface area (Å²) >= 11 is 0. The fourth-order valence-electron chi connectivity index (χ4n) is 3.02. The van der Waals surface area contributed by atoms with E-state index in [9.17, 15) is 0 Å². The largest absolute Gasteiger partial charge is 0.382 e. The Labute approximate surface area is 123 Å². The number of benzene rings is 1. The summed E-state index contributed by atoms with van der Waals surface area (Å²) in [5.41, 5.74) is 3.05. The molecule has 112 valence electrons. The predicted molar refractivity (Wildman–Crippen MR) is 86.0 cm³/mol. The van der Waals surface area contributed by atoms with Gasteiger partial charge in [0.2, 0.25) is 0 Å². The van der Waals surface area contributed by atoms with Gasteiger partial charge in [-0.3, -0.25) is 0 Å². The molecule has 1 fully saturated rings. The minimum absolute atomic E-state index is 0.515. The van der Waals surface area contributed by atoms with Crippen LogP contribution in [0.15, 0.2) is 24.3 Å². The first-order valence-corrected chi connectivity index (χ1v) is 8.03. The molecule has 1 atom stereocenters. The second-order valence-electron chi connectivity index (χ2n) is 6.73. The fraction of sp³-hybridized carbons (Fsp3) is 0.667. The molecule has 0 radical (unpaired) electrons. The van der Waals surface area contributed by atoms with E-state index in [-0.39, 0.29) is 0 Å². The van der Waals surface area contributed by atoms with Crippen molar-refractivity contribution >= 4 is 5.69 Å². The zero-order chi connectivity index (χ0) is 14.4. The Hall–Kier alpha value is -1.02. The van der Waals surface area contributed by atoms with Crippen LogP contribution < -0.4 is 5.32 Å². The van der Waals surface area contributed by atoms with Crippen molar-refractivity contribution in [3.05, 3.63) is 29.8 Å². The fourth-order valence-corrected chi connectivity index (χ4v) is 3.02. The van der Waals surface area contributed by atoms with E-state index in [0.29, 0.717) is 18.1 Å². The average molecular weight is 275 g/mol. The van der Waals surface area contributed by atoms with E-state index in [1.165, 1.54) is 43.4 Å². The lowest BCUT2D eigenvalue weighted by molar-refractivity contribution is 0.134. The maximum absolute atomic E-state index is 5.57. The molecule has 0 spiro atoms. The van der Waals surface area contributed by atoms with E-state index in [2.05, 4.69) is 43.4 Å². The van der Waals surface area contributed by atoms with Crippen molar-refractivity contribution in [2.24, 2.45) is 5.41 Å². The smallest absolute Gasteiger partial charge is 0.0736 e. The maximum Gasteiger partial charge on any atom is 0.0736 e. The Morgan fingerprint density at radius 3 is 2.80 bits per heavy atom. The first kappa shape index (κ1) is 15.4. The molecule has 0 aliphatic heterocycles. The van der Waals surface area contributed by atoms with Gasteiger partial charge in [-0.15, -0.1) is 0 Å². The Morgan fingerprint density at radius 1 is 1.20 bits per heavy atom. The molecule has 0 bridgehead atoms. The van der Waals surface area contributed by atoms with Crippen molar-refractivity contribution < 1.29 is 4.74 Å². The lowest BCUT2D eigenvalue weighted by Crippen LogP contribution is -2.20. The van der Waals surface area contributed by atoms with Crippen molar-refractivity contribution in [1.82, 2.24) is 0 Å². The minimum atomic E-state index is 0.515. The van der Waals surface area contributed by atoms with Crippen LogP contribution in [-0.4, -0.2) is 12.6 Å². The minimum Gasteiger partial charge on any atom is -0.382 e. The van der Waals surface area contributed by atoms with Gasteiger partial charge >= 0.3 is 0 Å². The van der Waals surface area contributed by atoms with Crippen molar-refractivity contribution in [3.63, 3.8) is 0 Å². The molecular weight excluding hydrogens is 246 g/mol. The Kier molecular flexibility index (Phi) is 5.47. The van der Waals surface area contributed by atoms with Gasteiger partial charge in [0.15, 0.2) is 0 Å². The van der Waals surface area contributed by atoms with Gasteiger partial charge in [-0.1, -0.05) is 38.5 Å². The second-order valence-corrected chi connectivity index (χ2v) is 6.73. The van der Waals surface area contributed by atoms with E-state index in [0.717, 1.165) is 6.61 Å². The quantitative estimate of drug-likeness (QED) is 0.764. The van der Waals surface area contributed by atoms with Gasteiger partial charge in [0.05, 0.1) is 6.61 Å². The summed E-state index contributed by atoms with van der Waals surface area (Å²) in [6.07, 6.45) is 6.56. The number of nitrogens with one attached hydrogen (secondary N) is 1. The highest BCUT2D eigenvalue weighted by atomic mass is 16.5. The van der Waals surface area contributed by atoms with Crippen LogP contribution in [-0.2, 0) is 11.3 Å². The third kappa shape index (κ3) is 4.52. The molecule has 20 heavy (non-hydrogen) atoms. The third-order valence-corrected chi connectivity index (χ3v) is 4.41. The van der Waals surface area contributed by atoms with Gasteiger partial charge in [0.25, 0.3) is 0 Å². The predicted octanol–water partition coefficient (Wildman–Crippen LogP) is 4.99. The van der Waals surface area contributed by atoms with Gasteiger partial charge in [0.1, 0.15) is 0 Å². The second kappa shape index (κ2) is 7.12. The molecule has 1 saturated carbocycles. The Bertz CT molecular complexity index is 414. The van der Waals surface area contributed by atoms with Crippen LogP contribution >= 0.6 is 0 Å². The number of ether oxygens (including phenoxy) is 1. The molecule has 1 aliphatic rings. The monoisotopic (exact) mass is 275 g/mol. The number of hydrogen-bond donors (Lipinski definition) is 1. The van der Waals surface area contributed by atoms with Crippen molar-refractivity contribution in [3.8, 4) is 0 Å². The summed E-state index contributed by atoms with van der Waals surface area (Å²) in [5.74, 6) is 0. The van der Waals surface area contributed by atoms with Gasteiger partial charge < -0.3 is 10.1 Å². The summed E-state index contributed by atoms with van der Waals surface area (Å²) in [5, 5.41) is 3.76.